The molecule has 1 N–H and O–H groups in total. The van der Waals surface area contributed by atoms with Crippen LogP contribution in [0.25, 0.3) is 0 Å². The minimum absolute atomic E-state index is 0.574. The first-order valence-corrected chi connectivity index (χ1v) is 9.75. The van der Waals surface area contributed by atoms with Crippen molar-refractivity contribution in [3.63, 3.8) is 0 Å². The van der Waals surface area contributed by atoms with E-state index in [1.54, 1.807) is 0 Å². The van der Waals surface area contributed by atoms with Crippen LogP contribution in [0, 0.1) is 0 Å². The predicted octanol–water partition coefficient (Wildman–Crippen LogP) is 3.20. The molecule has 1 saturated heterocycles. The Morgan fingerprint density at radius 2 is 2.09 bits per heavy atom. The smallest absolute Gasteiger partial charge is 0.160 e. The van der Waals surface area contributed by atoms with Gasteiger partial charge in [0.1, 0.15) is 5.76 Å². The number of nitrogens with zero attached hydrogens (tertiary/aromatic N) is 2. The topological polar surface area (TPSA) is 39.9 Å². The molecule has 2 fully saturated rings. The maximum atomic E-state index is 10.6. The average molecular weight is 339 g/mol. The van der Waals surface area contributed by atoms with Crippen molar-refractivity contribution >= 4 is 11.8 Å². The summed E-state index contributed by atoms with van der Waals surface area (Å²) in [4.78, 5) is 4.37. The number of likely N-dealkylation sites (N-methyl/N-ethyl adjacent to an activating group) is 1. The Kier molecular flexibility index (Phi) is 5.73. The second-order valence-corrected chi connectivity index (χ2v) is 8.83. The molecule has 0 amide bonds. The highest BCUT2D eigenvalue weighted by Gasteiger charge is 2.36. The van der Waals surface area contributed by atoms with E-state index in [-0.39, 0.29) is 0 Å². The van der Waals surface area contributed by atoms with Crippen LogP contribution >= 0.6 is 11.8 Å². The van der Waals surface area contributed by atoms with Gasteiger partial charge in [0.15, 0.2) is 5.09 Å². The van der Waals surface area contributed by atoms with Crippen molar-refractivity contribution < 1.29 is 9.52 Å². The second kappa shape index (κ2) is 7.60. The summed E-state index contributed by atoms with van der Waals surface area (Å²) in [6, 6.07) is 4.23. The molecule has 23 heavy (non-hydrogen) atoms. The second-order valence-electron chi connectivity index (χ2n) is 7.52. The first kappa shape index (κ1) is 17.3. The number of thioether (sulfide) groups is 1. The lowest BCUT2D eigenvalue weighted by Gasteiger charge is -2.26. The van der Waals surface area contributed by atoms with Crippen molar-refractivity contribution in [1.82, 2.24) is 9.80 Å². The lowest BCUT2D eigenvalue weighted by atomic mass is 10.0. The molecule has 3 rings (SSSR count). The van der Waals surface area contributed by atoms with Gasteiger partial charge in [-0.2, -0.15) is 0 Å². The molecule has 1 aliphatic heterocycles. The van der Waals surface area contributed by atoms with Gasteiger partial charge >= 0.3 is 0 Å². The van der Waals surface area contributed by atoms with Gasteiger partial charge < -0.3 is 14.4 Å². The highest BCUT2D eigenvalue weighted by atomic mass is 32.2. The minimum Gasteiger partial charge on any atom is -0.454 e. The van der Waals surface area contributed by atoms with Gasteiger partial charge in [-0.3, -0.25) is 4.90 Å². The summed E-state index contributed by atoms with van der Waals surface area (Å²) in [5, 5.41) is 12.4. The molecule has 0 unspecified atom stereocenters. The number of hydrogen-bond acceptors (Lipinski definition) is 5. The standard InChI is InChI=1S/C18H30N2O2S/c1-19(2)13-18(21)10-11-20(14-18)12-15-8-9-17(22-15)23-16-6-4-3-5-7-16/h8-9,16,21H,3-7,10-14H2,1-2H3/t18-/m1/s1. The highest BCUT2D eigenvalue weighted by molar-refractivity contribution is 7.99. The third-order valence-electron chi connectivity index (χ3n) is 4.87. The third-order valence-corrected chi connectivity index (χ3v) is 6.13. The van der Waals surface area contributed by atoms with Crippen LogP contribution < -0.4 is 0 Å². The summed E-state index contributed by atoms with van der Waals surface area (Å²) in [5.74, 6) is 1.03. The quantitative estimate of drug-likeness (QED) is 0.862. The van der Waals surface area contributed by atoms with E-state index in [9.17, 15) is 5.11 Å². The number of rotatable bonds is 6. The summed E-state index contributed by atoms with van der Waals surface area (Å²) in [7, 11) is 4.03. The average Bonchev–Trinajstić information content (AvgIpc) is 3.07. The number of aliphatic hydroxyl groups is 1. The molecule has 1 saturated carbocycles. The summed E-state index contributed by atoms with van der Waals surface area (Å²) in [5.41, 5.74) is -0.574. The summed E-state index contributed by atoms with van der Waals surface area (Å²) in [6.07, 6.45) is 7.61. The Morgan fingerprint density at radius 3 is 2.83 bits per heavy atom. The molecule has 1 aromatic rings. The van der Waals surface area contributed by atoms with Gasteiger partial charge in [-0.15, -0.1) is 0 Å². The van der Waals surface area contributed by atoms with Crippen LogP contribution in [0.15, 0.2) is 21.6 Å². The molecule has 1 aromatic heterocycles. The van der Waals surface area contributed by atoms with E-state index < -0.39 is 5.60 Å². The molecule has 1 aliphatic carbocycles. The lowest BCUT2D eigenvalue weighted by molar-refractivity contribution is 0.0234. The van der Waals surface area contributed by atoms with E-state index in [2.05, 4.69) is 21.9 Å². The fraction of sp³-hybridized carbons (Fsp3) is 0.778. The highest BCUT2D eigenvalue weighted by Crippen LogP contribution is 2.35. The molecule has 0 spiro atoms. The van der Waals surface area contributed by atoms with Crippen LogP contribution in [0.1, 0.15) is 44.3 Å². The Hall–Kier alpha value is -0.490. The molecule has 4 nitrogen and oxygen atoms in total. The first-order chi connectivity index (χ1) is 11.0. The normalized spacial score (nSPS) is 27.1. The zero-order chi connectivity index (χ0) is 16.3. The number of likely N-dealkylation sites (tertiary alicyclic amines) is 1. The Bertz CT molecular complexity index is 499. The van der Waals surface area contributed by atoms with Gasteiger partial charge in [-0.25, -0.2) is 0 Å². The maximum Gasteiger partial charge on any atom is 0.160 e. The van der Waals surface area contributed by atoms with Gasteiger partial charge in [0, 0.05) is 24.9 Å². The Labute approximate surface area is 144 Å². The van der Waals surface area contributed by atoms with E-state index in [1.165, 1.54) is 32.1 Å². The van der Waals surface area contributed by atoms with Crippen LogP contribution in [0.3, 0.4) is 0 Å². The Balaban J connectivity index is 1.49. The number of furan rings is 1. The molecule has 130 valence electrons. The van der Waals surface area contributed by atoms with E-state index in [0.29, 0.717) is 0 Å². The number of hydrogen-bond donors (Lipinski definition) is 1. The zero-order valence-corrected chi connectivity index (χ0v) is 15.3. The van der Waals surface area contributed by atoms with Gasteiger partial charge in [0.05, 0.1) is 12.1 Å². The van der Waals surface area contributed by atoms with Gasteiger partial charge in [0.2, 0.25) is 0 Å². The molecule has 0 bridgehead atoms. The molecular formula is C18H30N2O2S. The monoisotopic (exact) mass is 338 g/mol. The molecule has 2 aliphatic rings. The minimum atomic E-state index is -0.574. The van der Waals surface area contributed by atoms with E-state index in [1.807, 2.05) is 25.9 Å². The fourth-order valence-electron chi connectivity index (χ4n) is 3.87. The molecular weight excluding hydrogens is 308 g/mol. The van der Waals surface area contributed by atoms with E-state index in [4.69, 9.17) is 4.42 Å². The summed E-state index contributed by atoms with van der Waals surface area (Å²) in [6.45, 7) is 3.21. The van der Waals surface area contributed by atoms with Crippen LogP contribution in [-0.4, -0.2) is 59.5 Å². The third kappa shape index (κ3) is 4.99. The SMILES string of the molecule is CN(C)C[C@]1(O)CCN(Cc2ccc(SC3CCCCC3)o2)C1. The molecule has 0 radical (unpaired) electrons. The van der Waals surface area contributed by atoms with Crippen LogP contribution in [0.2, 0.25) is 0 Å². The molecule has 1 atom stereocenters. The molecule has 5 heteroatoms. The van der Waals surface area contributed by atoms with Crippen molar-refractivity contribution in [2.75, 3.05) is 33.7 Å². The van der Waals surface area contributed by atoms with Crippen molar-refractivity contribution in [2.45, 2.75) is 61.0 Å². The molecule has 2 heterocycles. The first-order valence-electron chi connectivity index (χ1n) is 8.87. The van der Waals surface area contributed by atoms with Crippen LogP contribution in [0.4, 0.5) is 0 Å². The predicted molar refractivity (Wildman–Crippen MR) is 94.8 cm³/mol. The van der Waals surface area contributed by atoms with Crippen molar-refractivity contribution in [3.8, 4) is 0 Å². The zero-order valence-electron chi connectivity index (χ0n) is 14.5. The van der Waals surface area contributed by atoms with E-state index >= 15 is 0 Å². The van der Waals surface area contributed by atoms with Gasteiger partial charge in [-0.1, -0.05) is 31.0 Å². The maximum absolute atomic E-state index is 10.6. The summed E-state index contributed by atoms with van der Waals surface area (Å²) >= 11 is 1.91. The van der Waals surface area contributed by atoms with E-state index in [0.717, 1.165) is 48.7 Å². The van der Waals surface area contributed by atoms with Crippen molar-refractivity contribution in [1.29, 1.82) is 0 Å². The number of β-amino-alcohol motifs (C(OH)–C–C–N with tert-alkyl or cyclic N) is 1. The largest absolute Gasteiger partial charge is 0.454 e. The fourth-order valence-corrected chi connectivity index (χ4v) is 5.07. The summed E-state index contributed by atoms with van der Waals surface area (Å²) < 4.78 is 6.03. The van der Waals surface area contributed by atoms with Crippen molar-refractivity contribution in [3.05, 3.63) is 17.9 Å². The van der Waals surface area contributed by atoms with Gasteiger partial charge in [0.25, 0.3) is 0 Å². The van der Waals surface area contributed by atoms with Crippen LogP contribution in [0.5, 0.6) is 0 Å². The van der Waals surface area contributed by atoms with Crippen molar-refractivity contribution in [2.24, 2.45) is 0 Å². The van der Waals surface area contributed by atoms with Crippen LogP contribution in [-0.2, 0) is 6.54 Å². The Morgan fingerprint density at radius 1 is 1.30 bits per heavy atom. The molecule has 0 aromatic carbocycles. The van der Waals surface area contributed by atoms with Gasteiger partial charge in [-0.05, 0) is 45.5 Å². The lowest BCUT2D eigenvalue weighted by Crippen LogP contribution is -2.42.